The third-order valence-corrected chi connectivity index (χ3v) is 13.4. The molecule has 0 N–H and O–H groups in total. The zero-order valence-electron chi connectivity index (χ0n) is 32.8. The lowest BCUT2D eigenvalue weighted by Crippen LogP contribution is -2.28. The Hall–Kier alpha value is -7.74. The Balaban J connectivity index is 1.09. The van der Waals surface area contributed by atoms with Crippen LogP contribution in [0.1, 0.15) is 22.3 Å². The predicted octanol–water partition coefficient (Wildman–Crippen LogP) is 15.6. The molecule has 60 heavy (non-hydrogen) atoms. The molecule has 10 aromatic carbocycles. The van der Waals surface area contributed by atoms with Crippen LogP contribution in [0.3, 0.4) is 0 Å². The first-order valence-electron chi connectivity index (χ1n) is 20.9. The van der Waals surface area contributed by atoms with Crippen LogP contribution in [0.15, 0.2) is 224 Å². The molecular weight excluding hydrogens is 723 g/mol. The minimum Gasteiger partial charge on any atom is -0.310 e. The third kappa shape index (κ3) is 4.52. The Morgan fingerprint density at radius 2 is 0.700 bits per heavy atom. The van der Waals surface area contributed by atoms with Crippen LogP contribution in [0.4, 0.5) is 17.1 Å². The highest BCUT2D eigenvalue weighted by Crippen LogP contribution is 2.60. The molecule has 0 spiro atoms. The molecule has 0 saturated carbocycles. The first-order valence-corrected chi connectivity index (χ1v) is 20.9. The van der Waals surface area contributed by atoms with E-state index in [0.29, 0.717) is 0 Å². The summed E-state index contributed by atoms with van der Waals surface area (Å²) in [6, 6.07) is 83.9. The summed E-state index contributed by atoms with van der Waals surface area (Å²) in [6.45, 7) is 0. The topological polar surface area (TPSA) is 3.24 Å². The minimum atomic E-state index is -0.508. The van der Waals surface area contributed by atoms with Gasteiger partial charge >= 0.3 is 0 Å². The van der Waals surface area contributed by atoms with Crippen molar-refractivity contribution in [1.29, 1.82) is 0 Å². The summed E-state index contributed by atoms with van der Waals surface area (Å²) in [4.78, 5) is 2.49. The molecule has 1 heteroatoms. The van der Waals surface area contributed by atoms with E-state index in [1.165, 1.54) is 99.8 Å². The van der Waals surface area contributed by atoms with E-state index in [1.54, 1.807) is 0 Å². The molecule has 0 aliphatic heterocycles. The third-order valence-electron chi connectivity index (χ3n) is 13.4. The van der Waals surface area contributed by atoms with Crippen molar-refractivity contribution in [3.05, 3.63) is 247 Å². The molecule has 1 nitrogen and oxygen atoms in total. The van der Waals surface area contributed by atoms with Crippen LogP contribution in [-0.4, -0.2) is 0 Å². The molecule has 0 heterocycles. The van der Waals surface area contributed by atoms with Gasteiger partial charge in [-0.1, -0.05) is 188 Å². The van der Waals surface area contributed by atoms with Gasteiger partial charge in [0.1, 0.15) is 0 Å². The molecule has 278 valence electrons. The van der Waals surface area contributed by atoms with Crippen LogP contribution in [0, 0.1) is 0 Å². The maximum Gasteiger partial charge on any atom is 0.0714 e. The van der Waals surface area contributed by atoms with Gasteiger partial charge in [-0.25, -0.2) is 0 Å². The summed E-state index contributed by atoms with van der Waals surface area (Å²) in [6.07, 6.45) is 0. The molecule has 10 aromatic rings. The second kappa shape index (κ2) is 12.6. The molecule has 0 fully saturated rings. The van der Waals surface area contributed by atoms with Gasteiger partial charge in [0.15, 0.2) is 0 Å². The smallest absolute Gasteiger partial charge is 0.0714 e. The number of nitrogens with zero attached hydrogens (tertiary/aromatic N) is 1. The summed E-state index contributed by atoms with van der Waals surface area (Å²) >= 11 is 0. The van der Waals surface area contributed by atoms with E-state index in [-0.39, 0.29) is 0 Å². The van der Waals surface area contributed by atoms with E-state index in [2.05, 4.69) is 229 Å². The quantitative estimate of drug-likeness (QED) is 0.169. The van der Waals surface area contributed by atoms with Crippen molar-refractivity contribution >= 4 is 27.8 Å². The number of fused-ring (bicyclic) bond motifs is 8. The Kier molecular flexibility index (Phi) is 7.00. The van der Waals surface area contributed by atoms with Crippen molar-refractivity contribution in [2.75, 3.05) is 4.90 Å². The number of hydrogen-bond donors (Lipinski definition) is 0. The molecule has 13 rings (SSSR count). The number of hydrogen-bond acceptors (Lipinski definition) is 1. The SMILES string of the molecule is c1ccc(C2(c3ccccc3)c3ccccc3-c3ccc(N(c4ccc5c(c4)-c4c6cccc4-c4cccc-5c4-c4ccccc4-6)c4ccc5ccccc5c4)cc32)cc1. The fourth-order valence-electron chi connectivity index (χ4n) is 11.0. The molecule has 0 aromatic heterocycles. The zero-order valence-corrected chi connectivity index (χ0v) is 32.8. The number of anilines is 3. The molecular formula is C59H37N. The fraction of sp³-hybridized carbons (Fsp3) is 0.0169. The van der Waals surface area contributed by atoms with E-state index < -0.39 is 5.41 Å². The number of benzene rings is 10. The first-order chi connectivity index (χ1) is 29.8. The minimum absolute atomic E-state index is 0.508. The molecule has 3 aliphatic rings. The number of rotatable bonds is 5. The van der Waals surface area contributed by atoms with E-state index in [9.17, 15) is 0 Å². The van der Waals surface area contributed by atoms with Crippen LogP contribution in [-0.2, 0) is 5.41 Å². The highest BCUT2D eigenvalue weighted by atomic mass is 15.1. The highest BCUT2D eigenvalue weighted by molar-refractivity contribution is 6.15. The van der Waals surface area contributed by atoms with Gasteiger partial charge < -0.3 is 4.90 Å². The normalized spacial score (nSPS) is 13.1. The van der Waals surface area contributed by atoms with Gasteiger partial charge in [0.25, 0.3) is 0 Å². The average Bonchev–Trinajstić information content (AvgIpc) is 3.55. The monoisotopic (exact) mass is 759 g/mol. The molecule has 6 bridgehead atoms. The lowest BCUT2D eigenvalue weighted by atomic mass is 9.67. The van der Waals surface area contributed by atoms with Crippen LogP contribution >= 0.6 is 0 Å². The van der Waals surface area contributed by atoms with Gasteiger partial charge in [0.05, 0.1) is 5.41 Å². The molecule has 0 unspecified atom stereocenters. The Morgan fingerprint density at radius 3 is 1.40 bits per heavy atom. The zero-order chi connectivity index (χ0) is 39.4. The summed E-state index contributed by atoms with van der Waals surface area (Å²) in [5.41, 5.74) is 23.4. The van der Waals surface area contributed by atoms with E-state index in [0.717, 1.165) is 17.1 Å². The van der Waals surface area contributed by atoms with Gasteiger partial charge in [-0.05, 0) is 136 Å². The van der Waals surface area contributed by atoms with Crippen molar-refractivity contribution in [1.82, 2.24) is 0 Å². The van der Waals surface area contributed by atoms with Crippen molar-refractivity contribution in [2.45, 2.75) is 5.41 Å². The second-order valence-corrected chi connectivity index (χ2v) is 16.4. The predicted molar refractivity (Wildman–Crippen MR) is 250 cm³/mol. The van der Waals surface area contributed by atoms with Crippen LogP contribution in [0.5, 0.6) is 0 Å². The molecule has 0 atom stereocenters. The standard InChI is InChI=1S/C59H37N/c1-3-17-40(18-4-1)59(41-19-5-2-6-20-41)55-28-12-11-22-47(55)48-34-32-44(37-56(48)59)60(42-30-29-38-15-7-8-16-39(38)35-42)43-31-33-46-51-25-14-26-52-53-27-13-24-50(58(53)54(46)36-43)45-21-9-10-23-49(45)57(51)52/h1-37H. The summed E-state index contributed by atoms with van der Waals surface area (Å²) in [5, 5.41) is 2.44. The Morgan fingerprint density at radius 1 is 0.250 bits per heavy atom. The van der Waals surface area contributed by atoms with Gasteiger partial charge in [-0.15, -0.1) is 0 Å². The average molecular weight is 760 g/mol. The Labute approximate surface area is 350 Å². The first kappa shape index (κ1) is 33.3. The fourth-order valence-corrected chi connectivity index (χ4v) is 11.0. The molecule has 0 amide bonds. The van der Waals surface area contributed by atoms with Crippen LogP contribution < -0.4 is 4.90 Å². The van der Waals surface area contributed by atoms with Crippen molar-refractivity contribution in [2.24, 2.45) is 0 Å². The molecule has 0 radical (unpaired) electrons. The summed E-state index contributed by atoms with van der Waals surface area (Å²) < 4.78 is 0. The van der Waals surface area contributed by atoms with Gasteiger partial charge in [0.2, 0.25) is 0 Å². The van der Waals surface area contributed by atoms with E-state index in [4.69, 9.17) is 0 Å². The van der Waals surface area contributed by atoms with Gasteiger partial charge in [-0.3, -0.25) is 0 Å². The molecule has 3 aliphatic carbocycles. The van der Waals surface area contributed by atoms with E-state index >= 15 is 0 Å². The van der Waals surface area contributed by atoms with E-state index in [1.807, 2.05) is 0 Å². The summed E-state index contributed by atoms with van der Waals surface area (Å²) in [5.74, 6) is 0. The maximum absolute atomic E-state index is 2.49. The highest BCUT2D eigenvalue weighted by Gasteiger charge is 2.46. The van der Waals surface area contributed by atoms with Crippen LogP contribution in [0.2, 0.25) is 0 Å². The summed E-state index contributed by atoms with van der Waals surface area (Å²) in [7, 11) is 0. The Bertz CT molecular complexity index is 3310. The lowest BCUT2D eigenvalue weighted by Gasteiger charge is -2.35. The lowest BCUT2D eigenvalue weighted by molar-refractivity contribution is 0.768. The maximum atomic E-state index is 2.49. The van der Waals surface area contributed by atoms with Crippen LogP contribution in [0.25, 0.3) is 77.5 Å². The van der Waals surface area contributed by atoms with Crippen molar-refractivity contribution < 1.29 is 0 Å². The second-order valence-electron chi connectivity index (χ2n) is 16.4. The van der Waals surface area contributed by atoms with Crippen molar-refractivity contribution in [3.63, 3.8) is 0 Å². The van der Waals surface area contributed by atoms with Gasteiger partial charge in [-0.2, -0.15) is 0 Å². The van der Waals surface area contributed by atoms with Gasteiger partial charge in [0, 0.05) is 17.1 Å². The largest absolute Gasteiger partial charge is 0.310 e. The van der Waals surface area contributed by atoms with Crippen molar-refractivity contribution in [3.8, 4) is 66.8 Å². The molecule has 0 saturated heterocycles.